The van der Waals surface area contributed by atoms with Gasteiger partial charge < -0.3 is 19.5 Å². The first-order chi connectivity index (χ1) is 14.9. The molecule has 1 aliphatic heterocycles. The van der Waals surface area contributed by atoms with Crippen molar-refractivity contribution in [2.24, 2.45) is 11.0 Å². The summed E-state index contributed by atoms with van der Waals surface area (Å²) in [7, 11) is 0. The third kappa shape index (κ3) is 5.67. The van der Waals surface area contributed by atoms with E-state index in [1.807, 2.05) is 20.8 Å². The zero-order chi connectivity index (χ0) is 22.4. The van der Waals surface area contributed by atoms with Crippen molar-refractivity contribution in [1.82, 2.24) is 10.7 Å². The summed E-state index contributed by atoms with van der Waals surface area (Å²) < 4.78 is 16.1. The van der Waals surface area contributed by atoms with E-state index in [1.54, 1.807) is 36.4 Å². The highest BCUT2D eigenvalue weighted by Crippen LogP contribution is 2.32. The van der Waals surface area contributed by atoms with Gasteiger partial charge in [0.2, 0.25) is 6.79 Å². The number of nitrogens with one attached hydrogen (secondary N) is 2. The van der Waals surface area contributed by atoms with Crippen molar-refractivity contribution in [3.8, 4) is 17.2 Å². The maximum Gasteiger partial charge on any atom is 0.262 e. The van der Waals surface area contributed by atoms with E-state index in [2.05, 4.69) is 15.8 Å². The molecular weight excluding hydrogens is 422 g/mol. The number of ether oxygens (including phenoxy) is 3. The molecule has 1 atom stereocenters. The van der Waals surface area contributed by atoms with Crippen molar-refractivity contribution in [3.05, 3.63) is 52.5 Å². The van der Waals surface area contributed by atoms with E-state index in [9.17, 15) is 9.59 Å². The monoisotopic (exact) mass is 445 g/mol. The van der Waals surface area contributed by atoms with Gasteiger partial charge in [-0.05, 0) is 49.2 Å². The van der Waals surface area contributed by atoms with Gasteiger partial charge in [-0.25, -0.2) is 5.43 Å². The molecule has 3 rings (SSSR count). The lowest BCUT2D eigenvalue weighted by atomic mass is 10.0. The fourth-order valence-corrected chi connectivity index (χ4v) is 3.12. The molecular formula is C22H24ClN3O5. The highest BCUT2D eigenvalue weighted by atomic mass is 35.5. The Labute approximate surface area is 185 Å². The SMILES string of the molecule is CCOc1ccc(Cl)cc1/C=N/NC(=O)C(NC(=O)c1ccc2c(c1)OCO2)C(C)C. The fourth-order valence-electron chi connectivity index (χ4n) is 2.94. The molecule has 0 saturated heterocycles. The van der Waals surface area contributed by atoms with Crippen molar-refractivity contribution in [2.75, 3.05) is 13.4 Å². The third-order valence-electron chi connectivity index (χ3n) is 4.52. The largest absolute Gasteiger partial charge is 0.493 e. The average molecular weight is 446 g/mol. The summed E-state index contributed by atoms with van der Waals surface area (Å²) in [6.07, 6.45) is 1.45. The van der Waals surface area contributed by atoms with Gasteiger partial charge in [-0.15, -0.1) is 0 Å². The molecule has 164 valence electrons. The lowest BCUT2D eigenvalue weighted by Crippen LogP contribution is -2.48. The molecule has 1 aliphatic rings. The van der Waals surface area contributed by atoms with Gasteiger partial charge in [0, 0.05) is 16.1 Å². The summed E-state index contributed by atoms with van der Waals surface area (Å²) in [5, 5.41) is 7.27. The van der Waals surface area contributed by atoms with Gasteiger partial charge >= 0.3 is 0 Å². The van der Waals surface area contributed by atoms with Crippen LogP contribution in [0.15, 0.2) is 41.5 Å². The molecule has 0 bridgehead atoms. The van der Waals surface area contributed by atoms with E-state index in [0.29, 0.717) is 40.0 Å². The maximum absolute atomic E-state index is 12.7. The van der Waals surface area contributed by atoms with Gasteiger partial charge in [0.05, 0.1) is 12.8 Å². The number of nitrogens with zero attached hydrogens (tertiary/aromatic N) is 1. The second-order valence-corrected chi connectivity index (χ2v) is 7.55. The van der Waals surface area contributed by atoms with E-state index in [0.717, 1.165) is 0 Å². The van der Waals surface area contributed by atoms with Crippen LogP contribution in [-0.2, 0) is 4.79 Å². The van der Waals surface area contributed by atoms with E-state index >= 15 is 0 Å². The summed E-state index contributed by atoms with van der Waals surface area (Å²) in [6.45, 7) is 6.13. The van der Waals surface area contributed by atoms with Crippen LogP contribution in [0, 0.1) is 5.92 Å². The van der Waals surface area contributed by atoms with Crippen LogP contribution in [0.1, 0.15) is 36.7 Å². The Kier molecular flexibility index (Phi) is 7.36. The highest BCUT2D eigenvalue weighted by molar-refractivity contribution is 6.30. The molecule has 2 N–H and O–H groups in total. The zero-order valence-corrected chi connectivity index (χ0v) is 18.2. The maximum atomic E-state index is 12.7. The molecule has 1 heterocycles. The van der Waals surface area contributed by atoms with E-state index in [4.69, 9.17) is 25.8 Å². The number of hydrazone groups is 1. The van der Waals surface area contributed by atoms with Crippen LogP contribution in [-0.4, -0.2) is 37.5 Å². The molecule has 9 heteroatoms. The first kappa shape index (κ1) is 22.4. The summed E-state index contributed by atoms with van der Waals surface area (Å²) in [5.41, 5.74) is 3.46. The molecule has 0 fully saturated rings. The molecule has 0 saturated carbocycles. The summed E-state index contributed by atoms with van der Waals surface area (Å²) in [5.74, 6) is 0.663. The number of hydrogen-bond donors (Lipinski definition) is 2. The molecule has 8 nitrogen and oxygen atoms in total. The number of rotatable bonds is 8. The van der Waals surface area contributed by atoms with Crippen LogP contribution < -0.4 is 25.0 Å². The molecule has 0 aromatic heterocycles. The molecule has 2 aromatic carbocycles. The van der Waals surface area contributed by atoms with Crippen molar-refractivity contribution in [1.29, 1.82) is 0 Å². The van der Waals surface area contributed by atoms with Gasteiger partial charge in [0.1, 0.15) is 11.8 Å². The summed E-state index contributed by atoms with van der Waals surface area (Å²) in [4.78, 5) is 25.3. The molecule has 2 aromatic rings. The first-order valence-corrected chi connectivity index (χ1v) is 10.2. The number of amides is 2. The second kappa shape index (κ2) is 10.2. The predicted octanol–water partition coefficient (Wildman–Crippen LogP) is 3.37. The van der Waals surface area contributed by atoms with Crippen molar-refractivity contribution in [3.63, 3.8) is 0 Å². The quantitative estimate of drug-likeness (QED) is 0.479. The minimum atomic E-state index is -0.791. The predicted molar refractivity (Wildman–Crippen MR) is 117 cm³/mol. The minimum Gasteiger partial charge on any atom is -0.493 e. The average Bonchev–Trinajstić information content (AvgIpc) is 3.21. The highest BCUT2D eigenvalue weighted by Gasteiger charge is 2.25. The first-order valence-electron chi connectivity index (χ1n) is 9.84. The van der Waals surface area contributed by atoms with Gasteiger partial charge in [-0.1, -0.05) is 25.4 Å². The number of halogens is 1. The van der Waals surface area contributed by atoms with Crippen LogP contribution in [0.2, 0.25) is 5.02 Å². The van der Waals surface area contributed by atoms with Crippen LogP contribution in [0.5, 0.6) is 17.2 Å². The van der Waals surface area contributed by atoms with Crippen LogP contribution >= 0.6 is 11.6 Å². The lowest BCUT2D eigenvalue weighted by Gasteiger charge is -2.20. The molecule has 0 radical (unpaired) electrons. The van der Waals surface area contributed by atoms with Crippen molar-refractivity contribution < 1.29 is 23.8 Å². The normalized spacial score (nSPS) is 13.3. The molecule has 2 amide bonds. The van der Waals surface area contributed by atoms with Gasteiger partial charge in [-0.2, -0.15) is 5.10 Å². The molecule has 1 unspecified atom stereocenters. The fraction of sp³-hybridized carbons (Fsp3) is 0.318. The Morgan fingerprint density at radius 2 is 1.97 bits per heavy atom. The van der Waals surface area contributed by atoms with Crippen molar-refractivity contribution in [2.45, 2.75) is 26.8 Å². The molecule has 0 aliphatic carbocycles. The van der Waals surface area contributed by atoms with Gasteiger partial charge in [0.15, 0.2) is 11.5 Å². The Morgan fingerprint density at radius 1 is 1.19 bits per heavy atom. The van der Waals surface area contributed by atoms with E-state index in [1.165, 1.54) is 6.21 Å². The van der Waals surface area contributed by atoms with Gasteiger partial charge in [-0.3, -0.25) is 9.59 Å². The molecule has 0 spiro atoms. The Balaban J connectivity index is 1.66. The Bertz CT molecular complexity index is 993. The van der Waals surface area contributed by atoms with Crippen molar-refractivity contribution >= 4 is 29.6 Å². The van der Waals surface area contributed by atoms with Crippen LogP contribution in [0.4, 0.5) is 0 Å². The molecule has 31 heavy (non-hydrogen) atoms. The van der Waals surface area contributed by atoms with Crippen LogP contribution in [0.25, 0.3) is 0 Å². The zero-order valence-electron chi connectivity index (χ0n) is 17.5. The number of carbonyl (C=O) groups is 2. The topological polar surface area (TPSA) is 98.2 Å². The summed E-state index contributed by atoms with van der Waals surface area (Å²) >= 11 is 6.03. The van der Waals surface area contributed by atoms with E-state index in [-0.39, 0.29) is 12.7 Å². The number of benzene rings is 2. The lowest BCUT2D eigenvalue weighted by molar-refractivity contribution is -0.123. The Morgan fingerprint density at radius 3 is 2.71 bits per heavy atom. The standard InChI is InChI=1S/C22H24ClN3O5/c1-4-29-17-8-6-16(23)9-15(17)11-24-26-22(28)20(13(2)3)25-21(27)14-5-7-18-19(10-14)31-12-30-18/h5-11,13,20H,4,12H2,1-3H3,(H,25,27)(H,26,28)/b24-11+. The second-order valence-electron chi connectivity index (χ2n) is 7.11. The number of hydrogen-bond acceptors (Lipinski definition) is 6. The number of carbonyl (C=O) groups excluding carboxylic acids is 2. The van der Waals surface area contributed by atoms with Gasteiger partial charge in [0.25, 0.3) is 11.8 Å². The summed E-state index contributed by atoms with van der Waals surface area (Å²) in [6, 6.07) is 9.20. The third-order valence-corrected chi connectivity index (χ3v) is 4.76. The van der Waals surface area contributed by atoms with E-state index < -0.39 is 17.9 Å². The smallest absolute Gasteiger partial charge is 0.262 e. The van der Waals surface area contributed by atoms with Crippen LogP contribution in [0.3, 0.4) is 0 Å². The Hall–Kier alpha value is -3.26. The number of fused-ring (bicyclic) bond motifs is 1. The minimum absolute atomic E-state index is 0.118.